The van der Waals surface area contributed by atoms with E-state index in [0.29, 0.717) is 13.2 Å². The van der Waals surface area contributed by atoms with Crippen molar-refractivity contribution < 1.29 is 14.6 Å². The van der Waals surface area contributed by atoms with Crippen molar-refractivity contribution in [2.45, 2.75) is 32.0 Å². The average Bonchev–Trinajstić information content (AvgIpc) is 2.79. The minimum Gasteiger partial charge on any atom is -0.388 e. The lowest BCUT2D eigenvalue weighted by Crippen LogP contribution is -2.21. The number of rotatable bonds is 6. The van der Waals surface area contributed by atoms with Crippen LogP contribution in [0.4, 0.5) is 0 Å². The monoisotopic (exact) mass is 160 g/mol. The molecule has 0 spiro atoms. The van der Waals surface area contributed by atoms with Crippen molar-refractivity contribution in [1.29, 1.82) is 0 Å². The van der Waals surface area contributed by atoms with Gasteiger partial charge >= 0.3 is 0 Å². The molecular weight excluding hydrogens is 144 g/mol. The van der Waals surface area contributed by atoms with Gasteiger partial charge in [-0.1, -0.05) is 13.3 Å². The molecule has 0 aliphatic carbocycles. The van der Waals surface area contributed by atoms with Crippen molar-refractivity contribution in [2.24, 2.45) is 0 Å². The lowest BCUT2D eigenvalue weighted by Gasteiger charge is -2.07. The molecule has 3 nitrogen and oxygen atoms in total. The van der Waals surface area contributed by atoms with Crippen molar-refractivity contribution in [2.75, 3.05) is 19.8 Å². The maximum Gasteiger partial charge on any atom is 0.109 e. The minimum atomic E-state index is -0.410. The number of aliphatic hydroxyl groups excluding tert-OH is 1. The zero-order chi connectivity index (χ0) is 8.10. The Morgan fingerprint density at radius 2 is 2.45 bits per heavy atom. The van der Waals surface area contributed by atoms with Gasteiger partial charge in [-0.3, -0.25) is 0 Å². The van der Waals surface area contributed by atoms with Crippen molar-refractivity contribution in [3.05, 3.63) is 0 Å². The number of hydrogen-bond acceptors (Lipinski definition) is 3. The Morgan fingerprint density at radius 3 is 3.00 bits per heavy atom. The quantitative estimate of drug-likeness (QED) is 0.456. The summed E-state index contributed by atoms with van der Waals surface area (Å²) in [6.45, 7) is 3.98. The molecule has 0 amide bonds. The first kappa shape index (κ1) is 8.97. The number of hydrogen-bond donors (Lipinski definition) is 1. The summed E-state index contributed by atoms with van der Waals surface area (Å²) < 4.78 is 10.1. The highest BCUT2D eigenvalue weighted by molar-refractivity contribution is 4.77. The standard InChI is InChI=1S/C8H16O3/c1-2-3-4-10-5-7(9)8-6-11-8/h7-9H,2-6H2,1H3/t7-,8-/m0/s1. The molecular formula is C8H16O3. The van der Waals surface area contributed by atoms with Crippen LogP contribution in [0.25, 0.3) is 0 Å². The molecule has 1 fully saturated rings. The maximum absolute atomic E-state index is 9.24. The Balaban J connectivity index is 1.85. The predicted octanol–water partition coefficient (Wildman–Crippen LogP) is 0.563. The molecule has 1 N–H and O–H groups in total. The molecule has 0 aromatic carbocycles. The Bertz CT molecular complexity index is 102. The second kappa shape index (κ2) is 4.70. The van der Waals surface area contributed by atoms with E-state index in [2.05, 4.69) is 6.92 Å². The Labute approximate surface area is 67.3 Å². The van der Waals surface area contributed by atoms with Crippen LogP contribution in [0.2, 0.25) is 0 Å². The minimum absolute atomic E-state index is 0.0524. The van der Waals surface area contributed by atoms with Crippen LogP contribution in [0.5, 0.6) is 0 Å². The summed E-state index contributed by atoms with van der Waals surface area (Å²) in [4.78, 5) is 0. The summed E-state index contributed by atoms with van der Waals surface area (Å²) in [7, 11) is 0. The first-order chi connectivity index (χ1) is 5.34. The number of unbranched alkanes of at least 4 members (excludes halogenated alkanes) is 1. The third kappa shape index (κ3) is 3.70. The van der Waals surface area contributed by atoms with Gasteiger partial charge in [0.15, 0.2) is 0 Å². The first-order valence-corrected chi connectivity index (χ1v) is 4.22. The highest BCUT2D eigenvalue weighted by atomic mass is 16.6. The van der Waals surface area contributed by atoms with Crippen LogP contribution < -0.4 is 0 Å². The van der Waals surface area contributed by atoms with E-state index in [1.165, 1.54) is 0 Å². The molecule has 0 aromatic rings. The van der Waals surface area contributed by atoms with Crippen molar-refractivity contribution >= 4 is 0 Å². The van der Waals surface area contributed by atoms with Crippen LogP contribution >= 0.6 is 0 Å². The normalized spacial score (nSPS) is 25.1. The van der Waals surface area contributed by atoms with E-state index < -0.39 is 6.10 Å². The third-order valence-corrected chi connectivity index (χ3v) is 1.72. The number of epoxide rings is 1. The molecule has 2 atom stereocenters. The molecule has 1 aliphatic rings. The van der Waals surface area contributed by atoms with Crippen LogP contribution in [0.1, 0.15) is 19.8 Å². The van der Waals surface area contributed by atoms with Gasteiger partial charge in [-0.15, -0.1) is 0 Å². The van der Waals surface area contributed by atoms with Gasteiger partial charge in [0.05, 0.1) is 13.2 Å². The molecule has 11 heavy (non-hydrogen) atoms. The largest absolute Gasteiger partial charge is 0.388 e. The average molecular weight is 160 g/mol. The molecule has 3 heteroatoms. The fraction of sp³-hybridized carbons (Fsp3) is 1.00. The van der Waals surface area contributed by atoms with Gasteiger partial charge in [0.2, 0.25) is 0 Å². The zero-order valence-corrected chi connectivity index (χ0v) is 6.95. The van der Waals surface area contributed by atoms with Gasteiger partial charge in [-0.25, -0.2) is 0 Å². The Hall–Kier alpha value is -0.120. The van der Waals surface area contributed by atoms with Crippen molar-refractivity contribution in [3.8, 4) is 0 Å². The molecule has 0 radical (unpaired) electrons. The van der Waals surface area contributed by atoms with E-state index in [0.717, 1.165) is 19.4 Å². The number of aliphatic hydroxyl groups is 1. The second-order valence-corrected chi connectivity index (χ2v) is 2.87. The molecule has 0 bridgehead atoms. The van der Waals surface area contributed by atoms with E-state index in [1.807, 2.05) is 0 Å². The smallest absolute Gasteiger partial charge is 0.109 e. The topological polar surface area (TPSA) is 42.0 Å². The third-order valence-electron chi connectivity index (χ3n) is 1.72. The summed E-state index contributed by atoms with van der Waals surface area (Å²) in [6.07, 6.45) is 1.84. The van der Waals surface area contributed by atoms with Gasteiger partial charge in [0.25, 0.3) is 0 Å². The van der Waals surface area contributed by atoms with Crippen LogP contribution in [0.3, 0.4) is 0 Å². The zero-order valence-electron chi connectivity index (χ0n) is 6.95. The summed E-state index contributed by atoms with van der Waals surface area (Å²) in [5.41, 5.74) is 0. The van der Waals surface area contributed by atoms with E-state index in [1.54, 1.807) is 0 Å². The predicted molar refractivity (Wildman–Crippen MR) is 41.5 cm³/mol. The van der Waals surface area contributed by atoms with Crippen LogP contribution in [-0.4, -0.2) is 37.1 Å². The lowest BCUT2D eigenvalue weighted by atomic mass is 10.3. The SMILES string of the molecule is CCCCOC[C@H](O)[C@@H]1CO1. The molecule has 0 unspecified atom stereocenters. The fourth-order valence-electron chi connectivity index (χ4n) is 0.836. The van der Waals surface area contributed by atoms with E-state index in [9.17, 15) is 5.11 Å². The molecule has 1 saturated heterocycles. The first-order valence-electron chi connectivity index (χ1n) is 4.22. The lowest BCUT2D eigenvalue weighted by molar-refractivity contribution is 0.0212. The summed E-state index contributed by atoms with van der Waals surface area (Å²) in [5.74, 6) is 0. The number of ether oxygens (including phenoxy) is 2. The summed E-state index contributed by atoms with van der Waals surface area (Å²) in [6, 6.07) is 0. The molecule has 1 aliphatic heterocycles. The van der Waals surface area contributed by atoms with Gasteiger partial charge < -0.3 is 14.6 Å². The van der Waals surface area contributed by atoms with Gasteiger partial charge in [-0.05, 0) is 6.42 Å². The Morgan fingerprint density at radius 1 is 1.73 bits per heavy atom. The van der Waals surface area contributed by atoms with Gasteiger partial charge in [-0.2, -0.15) is 0 Å². The van der Waals surface area contributed by atoms with Crippen LogP contribution in [-0.2, 0) is 9.47 Å². The van der Waals surface area contributed by atoms with E-state index in [-0.39, 0.29) is 6.10 Å². The molecule has 1 heterocycles. The molecule has 0 aromatic heterocycles. The van der Waals surface area contributed by atoms with Crippen molar-refractivity contribution in [3.63, 3.8) is 0 Å². The summed E-state index contributed by atoms with van der Waals surface area (Å²) in [5, 5.41) is 9.24. The maximum atomic E-state index is 9.24. The van der Waals surface area contributed by atoms with Gasteiger partial charge in [0.1, 0.15) is 12.2 Å². The fourth-order valence-corrected chi connectivity index (χ4v) is 0.836. The van der Waals surface area contributed by atoms with Crippen LogP contribution in [0, 0.1) is 0 Å². The summed E-state index contributed by atoms with van der Waals surface area (Å²) >= 11 is 0. The van der Waals surface area contributed by atoms with Gasteiger partial charge in [0, 0.05) is 6.61 Å². The highest BCUT2D eigenvalue weighted by Crippen LogP contribution is 2.13. The van der Waals surface area contributed by atoms with E-state index >= 15 is 0 Å². The molecule has 0 saturated carbocycles. The molecule has 66 valence electrons. The van der Waals surface area contributed by atoms with Crippen molar-refractivity contribution in [1.82, 2.24) is 0 Å². The highest BCUT2D eigenvalue weighted by Gasteiger charge is 2.31. The second-order valence-electron chi connectivity index (χ2n) is 2.87. The molecule has 1 rings (SSSR count). The van der Waals surface area contributed by atoms with Crippen LogP contribution in [0.15, 0.2) is 0 Å². The van der Waals surface area contributed by atoms with E-state index in [4.69, 9.17) is 9.47 Å². The Kier molecular flexibility index (Phi) is 3.83.